The molecule has 9 heteroatoms. The van der Waals surface area contributed by atoms with E-state index in [-0.39, 0.29) is 24.7 Å². The number of fused-ring (bicyclic) bond motifs is 1. The lowest BCUT2D eigenvalue weighted by atomic mass is 9.82. The number of carbonyl (C=O) groups is 4. The van der Waals surface area contributed by atoms with Crippen LogP contribution in [0.1, 0.15) is 32.3 Å². The molecule has 4 heterocycles. The fourth-order valence-corrected chi connectivity index (χ4v) is 4.95. The van der Waals surface area contributed by atoms with Crippen LogP contribution < -0.4 is 20.3 Å². The maximum absolute atomic E-state index is 13.3. The van der Waals surface area contributed by atoms with Gasteiger partial charge >= 0.3 is 6.09 Å². The quantitative estimate of drug-likeness (QED) is 0.691. The molecule has 4 aliphatic rings. The van der Waals surface area contributed by atoms with Crippen LogP contribution in [0.5, 0.6) is 5.75 Å². The number of likely N-dealkylation sites (tertiary alicyclic amines) is 1. The Balaban J connectivity index is 1.39. The molecule has 0 bridgehead atoms. The Bertz CT molecular complexity index is 980. The highest BCUT2D eigenvalue weighted by atomic mass is 16.6. The van der Waals surface area contributed by atoms with Crippen molar-refractivity contribution in [2.45, 2.75) is 38.1 Å². The molecule has 1 unspecified atom stereocenters. The van der Waals surface area contributed by atoms with Crippen molar-refractivity contribution in [1.29, 1.82) is 0 Å². The van der Waals surface area contributed by atoms with Crippen LogP contribution in [0.15, 0.2) is 18.2 Å². The van der Waals surface area contributed by atoms with E-state index in [2.05, 4.69) is 10.6 Å². The van der Waals surface area contributed by atoms with Crippen LogP contribution in [-0.2, 0) is 19.8 Å². The number of rotatable bonds is 3. The second-order valence-electron chi connectivity index (χ2n) is 9.37. The number of hydrogen-bond donors (Lipinski definition) is 2. The van der Waals surface area contributed by atoms with E-state index in [0.717, 1.165) is 13.1 Å². The highest BCUT2D eigenvalue weighted by Gasteiger charge is 2.51. The maximum atomic E-state index is 13.3. The minimum Gasteiger partial charge on any atom is -0.410 e. The summed E-state index contributed by atoms with van der Waals surface area (Å²) < 4.78 is 5.74. The zero-order valence-electron chi connectivity index (χ0n) is 17.6. The van der Waals surface area contributed by atoms with Gasteiger partial charge in [-0.05, 0) is 57.3 Å². The molecule has 1 aromatic rings. The van der Waals surface area contributed by atoms with Gasteiger partial charge in [-0.3, -0.25) is 24.6 Å². The summed E-state index contributed by atoms with van der Waals surface area (Å²) in [4.78, 5) is 53.2. The van der Waals surface area contributed by atoms with Crippen LogP contribution in [0.25, 0.3) is 0 Å². The third-order valence-electron chi connectivity index (χ3n) is 7.01. The average molecular weight is 426 g/mol. The molecule has 164 valence electrons. The van der Waals surface area contributed by atoms with Gasteiger partial charge < -0.3 is 15.0 Å². The van der Waals surface area contributed by atoms with Crippen molar-refractivity contribution in [3.05, 3.63) is 23.8 Å². The molecule has 4 aliphatic heterocycles. The van der Waals surface area contributed by atoms with Crippen LogP contribution in [0.4, 0.5) is 10.5 Å². The molecule has 3 fully saturated rings. The normalized spacial score (nSPS) is 25.6. The number of ether oxygens (including phenoxy) is 1. The van der Waals surface area contributed by atoms with Gasteiger partial charge in [-0.2, -0.15) is 0 Å². The number of imide groups is 1. The van der Waals surface area contributed by atoms with E-state index < -0.39 is 23.5 Å². The Morgan fingerprint density at radius 2 is 1.87 bits per heavy atom. The number of amides is 4. The minimum absolute atomic E-state index is 0.178. The molecule has 0 saturated carbocycles. The van der Waals surface area contributed by atoms with Gasteiger partial charge in [0.2, 0.25) is 17.7 Å². The summed E-state index contributed by atoms with van der Waals surface area (Å²) in [7, 11) is 0. The molecular formula is C22H26N4O5. The Hall–Kier alpha value is -2.94. The lowest BCUT2D eigenvalue weighted by Gasteiger charge is -2.46. The van der Waals surface area contributed by atoms with Crippen molar-refractivity contribution < 1.29 is 23.9 Å². The van der Waals surface area contributed by atoms with E-state index in [1.807, 2.05) is 0 Å². The number of benzene rings is 1. The molecule has 0 spiro atoms. The highest BCUT2D eigenvalue weighted by molar-refractivity contribution is 6.14. The Morgan fingerprint density at radius 1 is 1.13 bits per heavy atom. The van der Waals surface area contributed by atoms with E-state index in [1.165, 1.54) is 4.90 Å². The first-order valence-corrected chi connectivity index (χ1v) is 10.8. The van der Waals surface area contributed by atoms with Crippen molar-refractivity contribution >= 4 is 29.5 Å². The van der Waals surface area contributed by atoms with Crippen LogP contribution in [0, 0.1) is 11.8 Å². The summed E-state index contributed by atoms with van der Waals surface area (Å²) in [5.41, 5.74) is 0.179. The zero-order chi connectivity index (χ0) is 21.9. The number of carbonyl (C=O) groups excluding carboxylic acids is 4. The number of piperidine rings is 1. The zero-order valence-corrected chi connectivity index (χ0v) is 17.6. The minimum atomic E-state index is -0.969. The highest BCUT2D eigenvalue weighted by Crippen LogP contribution is 2.48. The molecule has 31 heavy (non-hydrogen) atoms. The molecule has 1 atom stereocenters. The number of nitrogens with one attached hydrogen (secondary N) is 2. The van der Waals surface area contributed by atoms with Gasteiger partial charge in [-0.15, -0.1) is 0 Å². The number of nitrogens with zero attached hydrogens (tertiary/aromatic N) is 2. The van der Waals surface area contributed by atoms with Gasteiger partial charge in [-0.25, -0.2) is 4.79 Å². The summed E-state index contributed by atoms with van der Waals surface area (Å²) >= 11 is 0. The van der Waals surface area contributed by atoms with E-state index in [9.17, 15) is 19.2 Å². The molecule has 0 aliphatic carbocycles. The van der Waals surface area contributed by atoms with Gasteiger partial charge in [0.15, 0.2) is 0 Å². The SMILES string of the molecule is CC1(C)C(=O)N(C2CCC(=O)NC2=O)c2cccc(OC(=O)N3CC(C4CNC4)C3)c21. The fourth-order valence-electron chi connectivity index (χ4n) is 4.95. The summed E-state index contributed by atoms with van der Waals surface area (Å²) in [5, 5.41) is 5.57. The largest absolute Gasteiger partial charge is 0.415 e. The van der Waals surface area contributed by atoms with Gasteiger partial charge in [0.05, 0.1) is 11.1 Å². The third kappa shape index (κ3) is 3.10. The molecule has 1 aromatic carbocycles. The summed E-state index contributed by atoms with van der Waals surface area (Å²) in [6.07, 6.45) is 0.0259. The molecule has 9 nitrogen and oxygen atoms in total. The van der Waals surface area contributed by atoms with Crippen molar-refractivity contribution in [2.75, 3.05) is 31.1 Å². The van der Waals surface area contributed by atoms with E-state index in [1.54, 1.807) is 36.9 Å². The van der Waals surface area contributed by atoms with Crippen molar-refractivity contribution in [1.82, 2.24) is 15.5 Å². The van der Waals surface area contributed by atoms with Crippen LogP contribution in [0.3, 0.4) is 0 Å². The third-order valence-corrected chi connectivity index (χ3v) is 7.01. The smallest absolute Gasteiger partial charge is 0.410 e. The van der Waals surface area contributed by atoms with Gasteiger partial charge in [0, 0.05) is 25.1 Å². The van der Waals surface area contributed by atoms with E-state index >= 15 is 0 Å². The first-order chi connectivity index (χ1) is 14.8. The van der Waals surface area contributed by atoms with Crippen LogP contribution >= 0.6 is 0 Å². The fraction of sp³-hybridized carbons (Fsp3) is 0.545. The monoisotopic (exact) mass is 426 g/mol. The van der Waals surface area contributed by atoms with Crippen LogP contribution in [0.2, 0.25) is 0 Å². The number of hydrogen-bond acceptors (Lipinski definition) is 6. The van der Waals surface area contributed by atoms with Crippen molar-refractivity contribution in [2.24, 2.45) is 11.8 Å². The van der Waals surface area contributed by atoms with Crippen LogP contribution in [-0.4, -0.2) is 60.9 Å². The summed E-state index contributed by atoms with van der Waals surface area (Å²) in [5.74, 6) is 0.416. The molecular weight excluding hydrogens is 400 g/mol. The average Bonchev–Trinajstić information content (AvgIpc) is 2.83. The van der Waals surface area contributed by atoms with Gasteiger partial charge in [0.1, 0.15) is 11.8 Å². The molecule has 4 amide bonds. The predicted octanol–water partition coefficient (Wildman–Crippen LogP) is 0.766. The first-order valence-electron chi connectivity index (χ1n) is 10.8. The molecule has 5 rings (SSSR count). The molecule has 0 aromatic heterocycles. The lowest BCUT2D eigenvalue weighted by molar-refractivity contribution is -0.136. The Labute approximate surface area is 180 Å². The van der Waals surface area contributed by atoms with E-state index in [0.29, 0.717) is 41.9 Å². The maximum Gasteiger partial charge on any atom is 0.415 e. The summed E-state index contributed by atoms with van der Waals surface area (Å²) in [6, 6.07) is 4.40. The predicted molar refractivity (Wildman–Crippen MR) is 111 cm³/mol. The van der Waals surface area contributed by atoms with Gasteiger partial charge in [0.25, 0.3) is 0 Å². The van der Waals surface area contributed by atoms with E-state index in [4.69, 9.17) is 4.74 Å². The Kier molecular flexibility index (Phi) is 4.55. The van der Waals surface area contributed by atoms with Crippen molar-refractivity contribution in [3.63, 3.8) is 0 Å². The summed E-state index contributed by atoms with van der Waals surface area (Å²) in [6.45, 7) is 6.91. The first kappa shape index (κ1) is 20.0. The second-order valence-corrected chi connectivity index (χ2v) is 9.37. The molecule has 0 radical (unpaired) electrons. The molecule has 2 N–H and O–H groups in total. The van der Waals surface area contributed by atoms with Crippen molar-refractivity contribution in [3.8, 4) is 5.75 Å². The second kappa shape index (κ2) is 7.05. The standard InChI is InChI=1S/C22H26N4O5/c1-22(2)18-14(26(20(22)29)15-6-7-17(27)24-19(15)28)4-3-5-16(18)31-21(30)25-10-13(11-25)12-8-23-9-12/h3-5,12-13,15,23H,6-11H2,1-2H3,(H,24,27,28). The van der Waals surface area contributed by atoms with Gasteiger partial charge in [-0.1, -0.05) is 6.07 Å². The topological polar surface area (TPSA) is 108 Å². The molecule has 3 saturated heterocycles. The lowest BCUT2D eigenvalue weighted by Crippen LogP contribution is -2.60. The Morgan fingerprint density at radius 3 is 2.52 bits per heavy atom. The number of anilines is 1.